The van der Waals surface area contributed by atoms with Gasteiger partial charge in [-0.15, -0.1) is 24.8 Å². The molecular weight excluding hydrogens is 583 g/mol. The Balaban J connectivity index is 0.00000162. The first-order valence-electron chi connectivity index (χ1n) is 12.0. The maximum Gasteiger partial charge on any atom is -0.147 e. The first-order chi connectivity index (χ1) is 15.0. The molecule has 180 valence electrons. The van der Waals surface area contributed by atoms with E-state index in [1.165, 1.54) is 22.3 Å². The van der Waals surface area contributed by atoms with E-state index in [0.717, 1.165) is 6.42 Å². The van der Waals surface area contributed by atoms with Crippen LogP contribution in [0.15, 0.2) is 72.8 Å². The molecule has 0 amide bonds. The van der Waals surface area contributed by atoms with Crippen LogP contribution in [-0.2, 0) is 22.1 Å². The van der Waals surface area contributed by atoms with E-state index in [2.05, 4.69) is 125 Å². The number of hydrogen-bond acceptors (Lipinski definition) is 0. The first kappa shape index (κ1) is 28.1. The molecule has 0 aromatic heterocycles. The molecule has 1 atom stereocenters. The Bertz CT molecular complexity index is 1330. The molecule has 0 bridgehead atoms. The van der Waals surface area contributed by atoms with Crippen molar-refractivity contribution >= 4 is 51.4 Å². The topological polar surface area (TPSA) is 0 Å². The molecule has 2 aliphatic carbocycles. The van der Waals surface area contributed by atoms with Crippen molar-refractivity contribution in [2.75, 3.05) is 0 Å². The predicted octanol–water partition coefficient (Wildman–Crippen LogP) is 7.40. The van der Waals surface area contributed by atoms with Gasteiger partial charge in [-0.3, -0.25) is 0 Å². The second-order valence-corrected chi connectivity index (χ2v) is 87.3. The molecule has 6 heteroatoms. The van der Waals surface area contributed by atoms with Crippen LogP contribution < -0.4 is 3.27 Å². The minimum atomic E-state index is -3.68. The summed E-state index contributed by atoms with van der Waals surface area (Å²) in [6.45, 7) is 19.0. The number of benzene rings is 3. The number of rotatable bonds is 4. The summed E-state index contributed by atoms with van der Waals surface area (Å²) in [6, 6.07) is 25.9. The van der Waals surface area contributed by atoms with Gasteiger partial charge in [0, 0.05) is 0 Å². The third kappa shape index (κ3) is 3.43. The molecule has 0 nitrogen and oxygen atoms in total. The van der Waals surface area contributed by atoms with E-state index in [1.54, 1.807) is 11.1 Å². The van der Waals surface area contributed by atoms with Gasteiger partial charge in [0.05, 0.1) is 0 Å². The quantitative estimate of drug-likeness (QED) is 0.209. The van der Waals surface area contributed by atoms with E-state index in [9.17, 15) is 0 Å². The summed E-state index contributed by atoms with van der Waals surface area (Å²) in [7, 11) is 0. The molecular formula is C28H38Cl2Si3Zr. The van der Waals surface area contributed by atoms with Gasteiger partial charge in [-0.1, -0.05) is 0 Å². The fraction of sp³-hybridized carbons (Fsp3) is 0.286. The van der Waals surface area contributed by atoms with Gasteiger partial charge in [-0.05, 0) is 0 Å². The van der Waals surface area contributed by atoms with Crippen LogP contribution in [0.1, 0.15) is 25.9 Å². The van der Waals surface area contributed by atoms with Crippen LogP contribution in [0.2, 0.25) is 39.3 Å². The van der Waals surface area contributed by atoms with E-state index in [-0.39, 0.29) is 24.8 Å². The van der Waals surface area contributed by atoms with Gasteiger partial charge in [-0.2, -0.15) is 0 Å². The average Bonchev–Trinajstić information content (AvgIpc) is 3.33. The third-order valence-electron chi connectivity index (χ3n) is 9.38. The molecule has 0 radical (unpaired) electrons. The van der Waals surface area contributed by atoms with Crippen molar-refractivity contribution in [3.63, 3.8) is 0 Å². The minimum absolute atomic E-state index is 0. The van der Waals surface area contributed by atoms with E-state index in [4.69, 9.17) is 0 Å². The van der Waals surface area contributed by atoms with Gasteiger partial charge in [0.25, 0.3) is 0 Å². The summed E-state index contributed by atoms with van der Waals surface area (Å²) in [4.78, 5) is 0. The second kappa shape index (κ2) is 9.12. The largest absolute Gasteiger partial charge is 0.147 e. The van der Waals surface area contributed by atoms with Crippen LogP contribution in [0.3, 0.4) is 0 Å². The Kier molecular flexibility index (Phi) is 7.53. The van der Waals surface area contributed by atoms with Crippen molar-refractivity contribution in [2.24, 2.45) is 0 Å². The maximum atomic E-state index is 2.74. The first-order valence-corrected chi connectivity index (χ1v) is 34.9. The van der Waals surface area contributed by atoms with E-state index >= 15 is 0 Å². The molecule has 1 unspecified atom stereocenters. The Hall–Kier alpha value is -0.486. The van der Waals surface area contributed by atoms with Gasteiger partial charge in [0.2, 0.25) is 0 Å². The number of hydrogen-bond donors (Lipinski definition) is 0. The van der Waals surface area contributed by atoms with Crippen LogP contribution in [0, 0.1) is 0 Å². The van der Waals surface area contributed by atoms with Crippen molar-refractivity contribution in [3.8, 4) is 11.1 Å². The Morgan fingerprint density at radius 1 is 0.735 bits per heavy atom. The zero-order chi connectivity index (χ0) is 23.0. The fourth-order valence-corrected chi connectivity index (χ4v) is 113. The summed E-state index contributed by atoms with van der Waals surface area (Å²) < 4.78 is 2.50. The third-order valence-corrected chi connectivity index (χ3v) is 152. The Morgan fingerprint density at radius 2 is 1.32 bits per heavy atom. The normalized spacial score (nSPS) is 16.7. The molecule has 0 heterocycles. The molecule has 0 aliphatic heterocycles. The summed E-state index contributed by atoms with van der Waals surface area (Å²) in [5.74, 6) is 0. The SMILES string of the molecule is C[Si](C)(C)[Zr](=[SiH2])([c]1cccc2c1Cc1ccccc1-2)([CH]1C=Cc2ccccc21)[Si](C)(C)C.Cl.Cl. The summed E-state index contributed by atoms with van der Waals surface area (Å²) in [5.41, 5.74) is 9.32. The summed E-state index contributed by atoms with van der Waals surface area (Å²) in [6.07, 6.45) is 6.25. The molecule has 3 aromatic rings. The standard InChI is InChI=1S/C13H9.C9H7.2C3H9Si.2ClH.H2Si.Zr/c1-3-7-12-10(5-1)9-11-6-2-4-8-13(11)12;1-2-5-9-7-3-6-8(9)4-1;2*1-4(2)3;;;;/h1-5,7-8H,9H2;1-7H;2*1-3H3;2*1H;1H2;. The van der Waals surface area contributed by atoms with Crippen LogP contribution in [-0.4, -0.2) is 17.3 Å². The average molecular weight is 621 g/mol. The van der Waals surface area contributed by atoms with Crippen molar-refractivity contribution in [1.82, 2.24) is 0 Å². The Labute approximate surface area is 220 Å². The smallest absolute Gasteiger partial charge is 0.147 e. The van der Waals surface area contributed by atoms with Crippen molar-refractivity contribution in [1.29, 1.82) is 0 Å². The van der Waals surface area contributed by atoms with E-state index < -0.39 is 26.1 Å². The van der Waals surface area contributed by atoms with Gasteiger partial charge in [0.15, 0.2) is 0 Å². The molecule has 3 aromatic carbocycles. The van der Waals surface area contributed by atoms with Gasteiger partial charge in [0.1, 0.15) is 0 Å². The molecule has 0 N–H and O–H groups in total. The van der Waals surface area contributed by atoms with E-state index in [1.807, 2.05) is 3.27 Å². The fourth-order valence-electron chi connectivity index (χ4n) is 7.53. The number of halogens is 2. The molecule has 34 heavy (non-hydrogen) atoms. The van der Waals surface area contributed by atoms with Crippen molar-refractivity contribution in [2.45, 2.75) is 49.3 Å². The van der Waals surface area contributed by atoms with Gasteiger partial charge < -0.3 is 0 Å². The molecule has 2 aliphatic rings. The maximum absolute atomic E-state index is 3.68. The minimum Gasteiger partial charge on any atom is -0.147 e. The van der Waals surface area contributed by atoms with Gasteiger partial charge in [-0.25, -0.2) is 0 Å². The Morgan fingerprint density at radius 3 is 2.00 bits per heavy atom. The number of fused-ring (bicyclic) bond motifs is 4. The van der Waals surface area contributed by atoms with Crippen LogP contribution in [0.5, 0.6) is 0 Å². The van der Waals surface area contributed by atoms with Crippen LogP contribution in [0.25, 0.3) is 17.2 Å². The molecule has 0 saturated heterocycles. The predicted molar refractivity (Wildman–Crippen MR) is 162 cm³/mol. The molecule has 5 rings (SSSR count). The van der Waals surface area contributed by atoms with Gasteiger partial charge >= 0.3 is 198 Å². The zero-order valence-corrected chi connectivity index (χ0v) is 28.8. The molecule has 0 saturated carbocycles. The molecule has 0 spiro atoms. The van der Waals surface area contributed by atoms with Crippen molar-refractivity contribution in [3.05, 3.63) is 95.1 Å². The monoisotopic (exact) mass is 618 g/mol. The van der Waals surface area contributed by atoms with Crippen molar-refractivity contribution < 1.29 is 15.7 Å². The number of allylic oxidation sites excluding steroid dienone is 1. The summed E-state index contributed by atoms with van der Waals surface area (Å²) >= 11 is -3.68. The summed E-state index contributed by atoms with van der Waals surface area (Å²) in [5, 5.41) is -3.17. The van der Waals surface area contributed by atoms with Crippen LogP contribution >= 0.6 is 24.8 Å². The molecule has 0 fully saturated rings. The second-order valence-electron chi connectivity index (χ2n) is 12.2. The van der Waals surface area contributed by atoms with Crippen LogP contribution in [0.4, 0.5) is 0 Å². The zero-order valence-electron chi connectivity index (χ0n) is 21.3. The van der Waals surface area contributed by atoms with E-state index in [0.29, 0.717) is 3.63 Å².